The Kier molecular flexibility index (Phi) is 6.18. The van der Waals surface area contributed by atoms with Gasteiger partial charge >= 0.3 is 0 Å². The summed E-state index contributed by atoms with van der Waals surface area (Å²) in [4.78, 5) is 17.3. The second kappa shape index (κ2) is 8.13. The largest absolute Gasteiger partial charge is 0.351 e. The van der Waals surface area contributed by atoms with Crippen LogP contribution in [0.1, 0.15) is 72.8 Å². The fourth-order valence-corrected chi connectivity index (χ4v) is 6.82. The Morgan fingerprint density at radius 1 is 1.21 bits per heavy atom. The number of hydrogen-bond donors (Lipinski definition) is 1. The number of sulfone groups is 1. The van der Waals surface area contributed by atoms with E-state index in [1.54, 1.807) is 0 Å². The molecule has 1 N–H and O–H groups in total. The Balaban J connectivity index is 1.62. The molecule has 1 amide bonds. The molecule has 6 heteroatoms. The van der Waals surface area contributed by atoms with Crippen LogP contribution < -0.4 is 5.32 Å². The number of aromatic nitrogens is 1. The van der Waals surface area contributed by atoms with Crippen molar-refractivity contribution in [3.05, 3.63) is 28.6 Å². The van der Waals surface area contributed by atoms with Crippen LogP contribution in [0.3, 0.4) is 0 Å². The van der Waals surface area contributed by atoms with Gasteiger partial charge in [0.05, 0.1) is 17.0 Å². The first-order chi connectivity index (χ1) is 13.1. The maximum Gasteiger partial charge on any atom is 0.253 e. The van der Waals surface area contributed by atoms with Crippen LogP contribution in [0.25, 0.3) is 0 Å². The highest BCUT2D eigenvalue weighted by atomic mass is 32.2. The molecule has 28 heavy (non-hydrogen) atoms. The quantitative estimate of drug-likeness (QED) is 0.677. The van der Waals surface area contributed by atoms with Crippen molar-refractivity contribution < 1.29 is 13.2 Å². The minimum atomic E-state index is -2.94. The number of pyridine rings is 1. The third kappa shape index (κ3) is 5.13. The van der Waals surface area contributed by atoms with Crippen LogP contribution in [-0.2, 0) is 9.84 Å². The van der Waals surface area contributed by atoms with E-state index in [1.807, 2.05) is 33.8 Å². The Morgan fingerprint density at radius 2 is 1.89 bits per heavy atom. The lowest BCUT2D eigenvalue weighted by Gasteiger charge is -2.48. The number of nitrogens with one attached hydrogen (secondary N) is 1. The second-order valence-electron chi connectivity index (χ2n) is 9.26. The van der Waals surface area contributed by atoms with Crippen molar-refractivity contribution in [3.8, 4) is 0 Å². The van der Waals surface area contributed by atoms with Gasteiger partial charge in [-0.25, -0.2) is 8.42 Å². The van der Waals surface area contributed by atoms with Crippen molar-refractivity contribution in [3.63, 3.8) is 0 Å². The maximum atomic E-state index is 12.8. The predicted octanol–water partition coefficient (Wildman–Crippen LogP) is 3.76. The van der Waals surface area contributed by atoms with E-state index in [9.17, 15) is 13.2 Å². The first-order valence-electron chi connectivity index (χ1n) is 10.6. The molecule has 0 radical (unpaired) electrons. The van der Waals surface area contributed by atoms with Crippen LogP contribution in [-0.4, -0.2) is 37.4 Å². The molecule has 2 saturated carbocycles. The van der Waals surface area contributed by atoms with E-state index in [1.165, 1.54) is 12.8 Å². The summed E-state index contributed by atoms with van der Waals surface area (Å²) in [6.45, 7) is 8.32. The summed E-state index contributed by atoms with van der Waals surface area (Å²) in [6, 6.07) is 1.94. The van der Waals surface area contributed by atoms with Crippen molar-refractivity contribution >= 4 is 15.7 Å². The molecular formula is C22H34N2O3S. The van der Waals surface area contributed by atoms with E-state index in [2.05, 4.69) is 10.3 Å². The number of carbonyl (C=O) groups is 1. The van der Waals surface area contributed by atoms with E-state index in [0.717, 1.165) is 42.1 Å². The average molecular weight is 407 g/mol. The van der Waals surface area contributed by atoms with E-state index in [-0.39, 0.29) is 23.0 Å². The number of rotatable bonds is 9. The Labute approximate surface area is 169 Å². The lowest BCUT2D eigenvalue weighted by molar-refractivity contribution is 0.0475. The van der Waals surface area contributed by atoms with Crippen LogP contribution in [0.2, 0.25) is 0 Å². The molecule has 1 heterocycles. The van der Waals surface area contributed by atoms with E-state index in [0.29, 0.717) is 24.3 Å². The first-order valence-corrected chi connectivity index (χ1v) is 12.4. The highest BCUT2D eigenvalue weighted by Gasteiger charge is 2.48. The summed E-state index contributed by atoms with van der Waals surface area (Å²) in [5.74, 6) is 1.54. The summed E-state index contributed by atoms with van der Waals surface area (Å²) < 4.78 is 24.3. The summed E-state index contributed by atoms with van der Waals surface area (Å²) in [7, 11) is -2.94. The molecule has 0 aliphatic heterocycles. The van der Waals surface area contributed by atoms with Crippen molar-refractivity contribution in [1.82, 2.24) is 10.3 Å². The van der Waals surface area contributed by atoms with Crippen LogP contribution in [0, 0.1) is 38.0 Å². The Morgan fingerprint density at radius 3 is 2.46 bits per heavy atom. The van der Waals surface area contributed by atoms with Gasteiger partial charge in [0.25, 0.3) is 5.91 Å². The highest BCUT2D eigenvalue weighted by Crippen LogP contribution is 2.53. The normalized spacial score (nSPS) is 24.6. The molecule has 156 valence electrons. The molecule has 0 atom stereocenters. The van der Waals surface area contributed by atoms with Gasteiger partial charge in [0.1, 0.15) is 0 Å². The van der Waals surface area contributed by atoms with E-state index >= 15 is 0 Å². The number of amides is 1. The smallest absolute Gasteiger partial charge is 0.253 e. The van der Waals surface area contributed by atoms with Crippen LogP contribution >= 0.6 is 0 Å². The standard InChI is InChI=1S/C22H34N2O3S/c1-5-8-28(26,27)13-19-11-22(12-19,10-18-6-7-18)14-23-21(25)20-15(2)9-16(3)24-17(20)4/h9,18-19H,5-8,10-14H2,1-4H3,(H,23,25)/t19-,22+. The topological polar surface area (TPSA) is 76.1 Å². The molecule has 0 spiro atoms. The Bertz CT molecular complexity index is 814. The van der Waals surface area contributed by atoms with Crippen molar-refractivity contribution in [2.75, 3.05) is 18.1 Å². The van der Waals surface area contributed by atoms with Gasteiger partial charge in [-0.3, -0.25) is 9.78 Å². The minimum Gasteiger partial charge on any atom is -0.351 e. The van der Waals surface area contributed by atoms with E-state index in [4.69, 9.17) is 0 Å². The highest BCUT2D eigenvalue weighted by molar-refractivity contribution is 7.91. The van der Waals surface area contributed by atoms with Crippen LogP contribution in [0.5, 0.6) is 0 Å². The van der Waals surface area contributed by atoms with Gasteiger partial charge in [-0.2, -0.15) is 0 Å². The predicted molar refractivity (Wildman–Crippen MR) is 112 cm³/mol. The lowest BCUT2D eigenvalue weighted by Crippen LogP contribution is -2.48. The average Bonchev–Trinajstić information content (AvgIpc) is 3.33. The molecule has 2 aliphatic rings. The summed E-state index contributed by atoms with van der Waals surface area (Å²) >= 11 is 0. The molecule has 0 bridgehead atoms. The van der Waals surface area contributed by atoms with Crippen LogP contribution in [0.15, 0.2) is 6.07 Å². The first kappa shape index (κ1) is 21.3. The summed E-state index contributed by atoms with van der Waals surface area (Å²) in [5.41, 5.74) is 3.39. The number of aryl methyl sites for hydroxylation is 3. The molecule has 5 nitrogen and oxygen atoms in total. The van der Waals surface area contributed by atoms with E-state index < -0.39 is 9.84 Å². The SMILES string of the molecule is CCCS(=O)(=O)C[C@H]1C[C@](CNC(=O)c2c(C)cc(C)nc2C)(CC2CC2)C1. The van der Waals surface area contributed by atoms with Gasteiger partial charge in [-0.1, -0.05) is 19.8 Å². The van der Waals surface area contributed by atoms with Gasteiger partial charge in [-0.05, 0) is 75.3 Å². The van der Waals surface area contributed by atoms with Crippen molar-refractivity contribution in [2.24, 2.45) is 17.3 Å². The molecule has 1 aromatic rings. The zero-order valence-electron chi connectivity index (χ0n) is 17.7. The van der Waals surface area contributed by atoms with Gasteiger partial charge in [0.2, 0.25) is 0 Å². The zero-order valence-corrected chi connectivity index (χ0v) is 18.5. The summed E-state index contributed by atoms with van der Waals surface area (Å²) in [5, 5.41) is 3.16. The molecule has 2 aliphatic carbocycles. The third-order valence-electron chi connectivity index (χ3n) is 6.24. The minimum absolute atomic E-state index is 0.0558. The molecule has 0 saturated heterocycles. The number of nitrogens with zero attached hydrogens (tertiary/aromatic N) is 1. The molecule has 2 fully saturated rings. The van der Waals surface area contributed by atoms with Gasteiger partial charge in [-0.15, -0.1) is 0 Å². The monoisotopic (exact) mass is 406 g/mol. The lowest BCUT2D eigenvalue weighted by atomic mass is 9.60. The van der Waals surface area contributed by atoms with Gasteiger partial charge in [0, 0.05) is 18.0 Å². The molecule has 0 unspecified atom stereocenters. The molecule has 3 rings (SSSR count). The Hall–Kier alpha value is -1.43. The third-order valence-corrected chi connectivity index (χ3v) is 8.25. The molecular weight excluding hydrogens is 372 g/mol. The summed E-state index contributed by atoms with van der Waals surface area (Å²) in [6.07, 6.45) is 6.17. The van der Waals surface area contributed by atoms with Gasteiger partial charge < -0.3 is 5.32 Å². The van der Waals surface area contributed by atoms with Crippen molar-refractivity contribution in [2.45, 2.75) is 66.2 Å². The molecule has 1 aromatic heterocycles. The van der Waals surface area contributed by atoms with Crippen LogP contribution in [0.4, 0.5) is 0 Å². The molecule has 0 aromatic carbocycles. The fourth-order valence-electron chi connectivity index (χ4n) is 5.08. The van der Waals surface area contributed by atoms with Gasteiger partial charge in [0.15, 0.2) is 9.84 Å². The maximum absolute atomic E-state index is 12.8. The fraction of sp³-hybridized carbons (Fsp3) is 0.727. The number of hydrogen-bond acceptors (Lipinski definition) is 4. The zero-order chi connectivity index (χ0) is 20.5. The second-order valence-corrected chi connectivity index (χ2v) is 11.5. The number of carbonyl (C=O) groups excluding carboxylic acids is 1. The van der Waals surface area contributed by atoms with Crippen molar-refractivity contribution in [1.29, 1.82) is 0 Å².